The average molecular weight is 316 g/mol. The predicted octanol–water partition coefficient (Wildman–Crippen LogP) is 3.34. The minimum atomic E-state index is 0.0892. The first-order chi connectivity index (χ1) is 11.2. The molecule has 5 nitrogen and oxygen atoms in total. The molecule has 2 amide bonds. The van der Waals surface area contributed by atoms with Gasteiger partial charge in [-0.25, -0.2) is 0 Å². The Hall–Kier alpha value is -2.04. The van der Waals surface area contributed by atoms with E-state index in [1.165, 1.54) is 0 Å². The van der Waals surface area contributed by atoms with Crippen LogP contribution in [0.1, 0.15) is 44.9 Å². The molecular formula is C18H24N2O3. The van der Waals surface area contributed by atoms with E-state index in [9.17, 15) is 9.59 Å². The molecule has 0 bridgehead atoms. The van der Waals surface area contributed by atoms with Crippen LogP contribution in [0.4, 0.5) is 11.4 Å². The van der Waals surface area contributed by atoms with E-state index in [0.29, 0.717) is 12.2 Å². The highest BCUT2D eigenvalue weighted by Gasteiger charge is 2.25. The standard InChI is InChI=1S/C18H24N2O3/c1-23-16-12-14(19-18(22)13-6-2-3-7-13)9-10-15(16)20-11-5-4-8-17(20)21/h9-10,12-13H,2-8,11H2,1H3,(H,19,22). The molecule has 2 aliphatic rings. The van der Waals surface area contributed by atoms with E-state index in [-0.39, 0.29) is 17.7 Å². The Labute approximate surface area is 137 Å². The van der Waals surface area contributed by atoms with Crippen molar-refractivity contribution in [3.8, 4) is 5.75 Å². The average Bonchev–Trinajstić information content (AvgIpc) is 3.10. The second kappa shape index (κ2) is 7.02. The molecule has 0 radical (unpaired) electrons. The van der Waals surface area contributed by atoms with Crippen molar-refractivity contribution in [2.24, 2.45) is 5.92 Å². The fourth-order valence-corrected chi connectivity index (χ4v) is 3.47. The van der Waals surface area contributed by atoms with Crippen molar-refractivity contribution in [2.75, 3.05) is 23.9 Å². The number of methoxy groups -OCH3 is 1. The zero-order valence-corrected chi connectivity index (χ0v) is 13.6. The number of amides is 2. The summed E-state index contributed by atoms with van der Waals surface area (Å²) in [6.45, 7) is 0.725. The summed E-state index contributed by atoms with van der Waals surface area (Å²) in [5.41, 5.74) is 1.52. The number of piperidine rings is 1. The molecular weight excluding hydrogens is 292 g/mol. The van der Waals surface area contributed by atoms with Gasteiger partial charge in [0.25, 0.3) is 0 Å². The summed E-state index contributed by atoms with van der Waals surface area (Å²) < 4.78 is 5.45. The van der Waals surface area contributed by atoms with Crippen molar-refractivity contribution in [2.45, 2.75) is 44.9 Å². The molecule has 0 spiro atoms. The van der Waals surface area contributed by atoms with Gasteiger partial charge >= 0.3 is 0 Å². The van der Waals surface area contributed by atoms with Gasteiger partial charge in [-0.2, -0.15) is 0 Å². The van der Waals surface area contributed by atoms with E-state index in [2.05, 4.69) is 5.32 Å². The van der Waals surface area contributed by atoms with Gasteiger partial charge in [-0.05, 0) is 37.8 Å². The van der Waals surface area contributed by atoms with Crippen molar-refractivity contribution in [1.82, 2.24) is 0 Å². The van der Waals surface area contributed by atoms with Crippen LogP contribution in [-0.4, -0.2) is 25.5 Å². The highest BCUT2D eigenvalue weighted by Crippen LogP contribution is 2.34. The first kappa shape index (κ1) is 15.8. The fourth-order valence-electron chi connectivity index (χ4n) is 3.47. The highest BCUT2D eigenvalue weighted by atomic mass is 16.5. The fraction of sp³-hybridized carbons (Fsp3) is 0.556. The number of carbonyl (C=O) groups is 2. The maximum atomic E-state index is 12.2. The van der Waals surface area contributed by atoms with E-state index in [1.54, 1.807) is 12.0 Å². The van der Waals surface area contributed by atoms with Crippen molar-refractivity contribution >= 4 is 23.2 Å². The van der Waals surface area contributed by atoms with Crippen LogP contribution in [-0.2, 0) is 9.59 Å². The van der Waals surface area contributed by atoms with E-state index < -0.39 is 0 Å². The van der Waals surface area contributed by atoms with Gasteiger partial charge in [0.05, 0.1) is 12.8 Å². The third kappa shape index (κ3) is 3.49. The van der Waals surface area contributed by atoms with E-state index in [1.807, 2.05) is 18.2 Å². The van der Waals surface area contributed by atoms with Gasteiger partial charge in [-0.3, -0.25) is 9.59 Å². The number of carbonyl (C=O) groups excluding carboxylic acids is 2. The zero-order valence-electron chi connectivity index (χ0n) is 13.6. The number of ether oxygens (including phenoxy) is 1. The molecule has 1 aromatic rings. The molecule has 1 heterocycles. The predicted molar refractivity (Wildman–Crippen MR) is 89.8 cm³/mol. The van der Waals surface area contributed by atoms with Crippen LogP contribution >= 0.6 is 0 Å². The largest absolute Gasteiger partial charge is 0.494 e. The molecule has 2 fully saturated rings. The van der Waals surface area contributed by atoms with Crippen LogP contribution in [0, 0.1) is 5.92 Å². The first-order valence-corrected chi connectivity index (χ1v) is 8.48. The molecule has 1 N–H and O–H groups in total. The first-order valence-electron chi connectivity index (χ1n) is 8.48. The quantitative estimate of drug-likeness (QED) is 0.927. The number of hydrogen-bond donors (Lipinski definition) is 1. The van der Waals surface area contributed by atoms with Gasteiger partial charge < -0.3 is 15.0 Å². The summed E-state index contributed by atoms with van der Waals surface area (Å²) in [5, 5.41) is 2.98. The lowest BCUT2D eigenvalue weighted by atomic mass is 10.1. The molecule has 1 aromatic carbocycles. The molecule has 1 aliphatic heterocycles. The maximum absolute atomic E-state index is 12.2. The molecule has 1 aliphatic carbocycles. The third-order valence-corrected chi connectivity index (χ3v) is 4.79. The normalized spacial score (nSPS) is 19.0. The number of rotatable bonds is 4. The molecule has 0 unspecified atom stereocenters. The van der Waals surface area contributed by atoms with Crippen molar-refractivity contribution in [3.05, 3.63) is 18.2 Å². The lowest BCUT2D eigenvalue weighted by molar-refractivity contribution is -0.120. The smallest absolute Gasteiger partial charge is 0.227 e. The minimum Gasteiger partial charge on any atom is -0.494 e. The number of benzene rings is 1. The molecule has 5 heteroatoms. The number of nitrogens with zero attached hydrogens (tertiary/aromatic N) is 1. The van der Waals surface area contributed by atoms with E-state index in [0.717, 1.165) is 56.4 Å². The van der Waals surface area contributed by atoms with Gasteiger partial charge in [-0.15, -0.1) is 0 Å². The Morgan fingerprint density at radius 2 is 2.00 bits per heavy atom. The van der Waals surface area contributed by atoms with Crippen LogP contribution in [0.15, 0.2) is 18.2 Å². The van der Waals surface area contributed by atoms with Gasteiger partial charge in [0.1, 0.15) is 5.75 Å². The molecule has 23 heavy (non-hydrogen) atoms. The second-order valence-corrected chi connectivity index (χ2v) is 6.36. The van der Waals surface area contributed by atoms with Gasteiger partial charge in [0, 0.05) is 30.6 Å². The van der Waals surface area contributed by atoms with Crippen molar-refractivity contribution < 1.29 is 14.3 Å². The molecule has 1 saturated heterocycles. The minimum absolute atomic E-state index is 0.0892. The summed E-state index contributed by atoms with van der Waals surface area (Å²) in [4.78, 5) is 26.1. The van der Waals surface area contributed by atoms with Gasteiger partial charge in [-0.1, -0.05) is 12.8 Å². The number of hydrogen-bond acceptors (Lipinski definition) is 3. The van der Waals surface area contributed by atoms with Gasteiger partial charge in [0.15, 0.2) is 0 Å². The highest BCUT2D eigenvalue weighted by molar-refractivity contribution is 5.97. The Balaban J connectivity index is 1.76. The van der Waals surface area contributed by atoms with Crippen molar-refractivity contribution in [3.63, 3.8) is 0 Å². The topological polar surface area (TPSA) is 58.6 Å². The maximum Gasteiger partial charge on any atom is 0.227 e. The Morgan fingerprint density at radius 1 is 1.22 bits per heavy atom. The third-order valence-electron chi connectivity index (χ3n) is 4.79. The van der Waals surface area contributed by atoms with E-state index in [4.69, 9.17) is 4.74 Å². The summed E-state index contributed by atoms with van der Waals surface area (Å²) in [5.74, 6) is 0.984. The van der Waals surface area contributed by atoms with Crippen LogP contribution in [0.3, 0.4) is 0 Å². The summed E-state index contributed by atoms with van der Waals surface area (Å²) in [6, 6.07) is 5.53. The number of nitrogens with one attached hydrogen (secondary N) is 1. The van der Waals surface area contributed by atoms with Crippen molar-refractivity contribution in [1.29, 1.82) is 0 Å². The van der Waals surface area contributed by atoms with Gasteiger partial charge in [0.2, 0.25) is 11.8 Å². The van der Waals surface area contributed by atoms with E-state index >= 15 is 0 Å². The molecule has 3 rings (SSSR count). The Kier molecular flexibility index (Phi) is 4.84. The SMILES string of the molecule is COc1cc(NC(=O)C2CCCC2)ccc1N1CCCCC1=O. The Bertz CT molecular complexity index is 594. The van der Waals surface area contributed by atoms with Crippen LogP contribution in [0.25, 0.3) is 0 Å². The molecule has 0 aromatic heterocycles. The number of anilines is 2. The zero-order chi connectivity index (χ0) is 16.2. The van der Waals surface area contributed by atoms with Crippen LogP contribution in [0.5, 0.6) is 5.75 Å². The van der Waals surface area contributed by atoms with Crippen LogP contribution < -0.4 is 15.0 Å². The monoisotopic (exact) mass is 316 g/mol. The second-order valence-electron chi connectivity index (χ2n) is 6.36. The molecule has 0 atom stereocenters. The lowest BCUT2D eigenvalue weighted by Gasteiger charge is -2.28. The molecule has 124 valence electrons. The summed E-state index contributed by atoms with van der Waals surface area (Å²) >= 11 is 0. The Morgan fingerprint density at radius 3 is 2.70 bits per heavy atom. The molecule has 1 saturated carbocycles. The summed E-state index contributed by atoms with van der Waals surface area (Å²) in [7, 11) is 1.59. The lowest BCUT2D eigenvalue weighted by Crippen LogP contribution is -2.35. The van der Waals surface area contributed by atoms with Crippen LogP contribution in [0.2, 0.25) is 0 Å². The summed E-state index contributed by atoms with van der Waals surface area (Å²) in [6.07, 6.45) is 6.77.